The molecule has 0 aliphatic heterocycles. The molecule has 170 valence electrons. The highest BCUT2D eigenvalue weighted by Gasteiger charge is 2.27. The number of hydrazone groups is 1. The molecule has 33 heavy (non-hydrogen) atoms. The quantitative estimate of drug-likeness (QED) is 0.295. The number of aryl methyl sites for hydroxylation is 1. The van der Waals surface area contributed by atoms with Gasteiger partial charge in [0.2, 0.25) is 10.0 Å². The van der Waals surface area contributed by atoms with Crippen molar-refractivity contribution in [1.82, 2.24) is 9.73 Å². The Kier molecular flexibility index (Phi) is 7.65. The molecule has 1 amide bonds. The first-order valence-electron chi connectivity index (χ1n) is 9.93. The van der Waals surface area contributed by atoms with Crippen LogP contribution in [-0.2, 0) is 21.4 Å². The Morgan fingerprint density at radius 2 is 1.67 bits per heavy atom. The molecule has 0 bridgehead atoms. The van der Waals surface area contributed by atoms with Crippen molar-refractivity contribution in [1.29, 1.82) is 0 Å². The standard InChI is InChI=1S/C23H22N4O5S/c1-18-11-13-21(14-12-18)33(31,32)26(16-19-7-3-2-4-8-19)17-23(28)25-24-15-20-9-5-6-10-22(20)27(29)30/h2-15H,16-17H2,1H3,(H,25,28)/b24-15-. The number of nitrogens with one attached hydrogen (secondary N) is 1. The van der Waals surface area contributed by atoms with Crippen molar-refractivity contribution in [3.63, 3.8) is 0 Å². The number of carbonyl (C=O) groups excluding carboxylic acids is 1. The molecule has 0 radical (unpaired) electrons. The van der Waals surface area contributed by atoms with Crippen molar-refractivity contribution in [2.75, 3.05) is 6.54 Å². The number of nitro groups is 1. The van der Waals surface area contributed by atoms with E-state index in [4.69, 9.17) is 0 Å². The minimum Gasteiger partial charge on any atom is -0.272 e. The van der Waals surface area contributed by atoms with Crippen molar-refractivity contribution in [3.05, 3.63) is 106 Å². The minimum atomic E-state index is -3.97. The first kappa shape index (κ1) is 23.8. The molecular weight excluding hydrogens is 444 g/mol. The van der Waals surface area contributed by atoms with Crippen molar-refractivity contribution >= 4 is 27.8 Å². The lowest BCUT2D eigenvalue weighted by atomic mass is 10.2. The highest BCUT2D eigenvalue weighted by molar-refractivity contribution is 7.89. The van der Waals surface area contributed by atoms with Gasteiger partial charge in [0.05, 0.1) is 28.1 Å². The zero-order valence-corrected chi connectivity index (χ0v) is 18.6. The summed E-state index contributed by atoms with van der Waals surface area (Å²) in [6.07, 6.45) is 1.14. The van der Waals surface area contributed by atoms with Gasteiger partial charge in [-0.25, -0.2) is 13.8 Å². The number of amides is 1. The Hall–Kier alpha value is -3.89. The zero-order chi connectivity index (χ0) is 23.8. The van der Waals surface area contributed by atoms with Gasteiger partial charge in [-0.1, -0.05) is 60.2 Å². The molecule has 0 unspecified atom stereocenters. The number of rotatable bonds is 9. The number of nitro benzene ring substituents is 1. The average molecular weight is 467 g/mol. The molecule has 0 atom stereocenters. The summed E-state index contributed by atoms with van der Waals surface area (Å²) in [5.74, 6) is -0.684. The summed E-state index contributed by atoms with van der Waals surface area (Å²) in [6, 6.07) is 21.2. The lowest BCUT2D eigenvalue weighted by molar-refractivity contribution is -0.385. The van der Waals surface area contributed by atoms with Crippen LogP contribution >= 0.6 is 0 Å². The van der Waals surface area contributed by atoms with Crippen LogP contribution in [0.4, 0.5) is 5.69 Å². The second-order valence-corrected chi connectivity index (χ2v) is 9.12. The molecule has 0 heterocycles. The van der Waals surface area contributed by atoms with Gasteiger partial charge >= 0.3 is 0 Å². The third-order valence-electron chi connectivity index (χ3n) is 4.71. The summed E-state index contributed by atoms with van der Waals surface area (Å²) >= 11 is 0. The summed E-state index contributed by atoms with van der Waals surface area (Å²) in [6.45, 7) is 1.35. The van der Waals surface area contributed by atoms with Crippen LogP contribution in [0.15, 0.2) is 88.9 Å². The van der Waals surface area contributed by atoms with Gasteiger partial charge in [-0.3, -0.25) is 14.9 Å². The normalized spacial score (nSPS) is 11.6. The highest BCUT2D eigenvalue weighted by Crippen LogP contribution is 2.19. The lowest BCUT2D eigenvalue weighted by Gasteiger charge is -2.21. The molecule has 3 aromatic carbocycles. The van der Waals surface area contributed by atoms with Gasteiger partial charge in [-0.2, -0.15) is 9.41 Å². The number of sulfonamides is 1. The van der Waals surface area contributed by atoms with Crippen LogP contribution in [0, 0.1) is 17.0 Å². The average Bonchev–Trinajstić information content (AvgIpc) is 2.80. The van der Waals surface area contributed by atoms with Crippen LogP contribution in [0.1, 0.15) is 16.7 Å². The zero-order valence-electron chi connectivity index (χ0n) is 17.8. The Labute approximate surface area is 191 Å². The Balaban J connectivity index is 1.79. The molecular formula is C23H22N4O5S. The van der Waals surface area contributed by atoms with Gasteiger partial charge < -0.3 is 0 Å². The first-order chi connectivity index (χ1) is 15.8. The van der Waals surface area contributed by atoms with Crippen LogP contribution in [-0.4, -0.2) is 36.3 Å². The largest absolute Gasteiger partial charge is 0.278 e. The van der Waals surface area contributed by atoms with E-state index in [0.29, 0.717) is 5.56 Å². The highest BCUT2D eigenvalue weighted by atomic mass is 32.2. The van der Waals surface area contributed by atoms with E-state index >= 15 is 0 Å². The molecule has 0 saturated heterocycles. The van der Waals surface area contributed by atoms with Gasteiger partial charge in [0, 0.05) is 12.6 Å². The summed E-state index contributed by atoms with van der Waals surface area (Å²) in [5, 5.41) is 14.8. The van der Waals surface area contributed by atoms with Crippen LogP contribution in [0.3, 0.4) is 0 Å². The van der Waals surface area contributed by atoms with Gasteiger partial charge in [0.25, 0.3) is 11.6 Å². The number of carbonyl (C=O) groups is 1. The van der Waals surface area contributed by atoms with E-state index in [0.717, 1.165) is 16.1 Å². The van der Waals surface area contributed by atoms with Gasteiger partial charge in [0.15, 0.2) is 0 Å². The summed E-state index contributed by atoms with van der Waals surface area (Å²) in [4.78, 5) is 23.1. The fourth-order valence-electron chi connectivity index (χ4n) is 3.00. The fourth-order valence-corrected chi connectivity index (χ4v) is 4.39. The second-order valence-electron chi connectivity index (χ2n) is 7.18. The molecule has 1 N–H and O–H groups in total. The van der Waals surface area contributed by atoms with E-state index in [1.165, 1.54) is 30.3 Å². The van der Waals surface area contributed by atoms with E-state index in [-0.39, 0.29) is 22.7 Å². The van der Waals surface area contributed by atoms with E-state index in [1.54, 1.807) is 42.5 Å². The molecule has 0 aliphatic rings. The number of nitrogens with zero attached hydrogens (tertiary/aromatic N) is 3. The molecule has 3 rings (SSSR count). The number of hydrogen-bond donors (Lipinski definition) is 1. The number of hydrogen-bond acceptors (Lipinski definition) is 6. The number of benzene rings is 3. The Morgan fingerprint density at radius 3 is 2.33 bits per heavy atom. The van der Waals surface area contributed by atoms with Crippen molar-refractivity contribution in [2.24, 2.45) is 5.10 Å². The molecule has 9 nitrogen and oxygen atoms in total. The van der Waals surface area contributed by atoms with Crippen molar-refractivity contribution in [2.45, 2.75) is 18.4 Å². The number of para-hydroxylation sites is 1. The van der Waals surface area contributed by atoms with Crippen LogP contribution < -0.4 is 5.43 Å². The Morgan fingerprint density at radius 1 is 1.03 bits per heavy atom. The van der Waals surface area contributed by atoms with Crippen LogP contribution in [0.25, 0.3) is 0 Å². The lowest BCUT2D eigenvalue weighted by Crippen LogP contribution is -2.39. The minimum absolute atomic E-state index is 0.0155. The first-order valence-corrected chi connectivity index (χ1v) is 11.4. The van der Waals surface area contributed by atoms with E-state index in [1.807, 2.05) is 13.0 Å². The van der Waals surface area contributed by atoms with Crippen LogP contribution in [0.2, 0.25) is 0 Å². The molecule has 0 aromatic heterocycles. The topological polar surface area (TPSA) is 122 Å². The SMILES string of the molecule is Cc1ccc(S(=O)(=O)N(CC(=O)N/N=C\c2ccccc2[N+](=O)[O-])Cc2ccccc2)cc1. The van der Waals surface area contributed by atoms with E-state index in [2.05, 4.69) is 10.5 Å². The molecule has 0 fully saturated rings. The van der Waals surface area contributed by atoms with Gasteiger partial charge in [0.1, 0.15) is 0 Å². The monoisotopic (exact) mass is 466 g/mol. The molecule has 3 aromatic rings. The molecule has 0 spiro atoms. The van der Waals surface area contributed by atoms with Crippen molar-refractivity contribution in [3.8, 4) is 0 Å². The maximum absolute atomic E-state index is 13.2. The maximum Gasteiger partial charge on any atom is 0.278 e. The molecule has 0 saturated carbocycles. The summed E-state index contributed by atoms with van der Waals surface area (Å²) in [5.41, 5.74) is 3.91. The summed E-state index contributed by atoms with van der Waals surface area (Å²) < 4.78 is 27.5. The third kappa shape index (κ3) is 6.31. The smallest absolute Gasteiger partial charge is 0.272 e. The van der Waals surface area contributed by atoms with E-state index in [9.17, 15) is 23.3 Å². The van der Waals surface area contributed by atoms with Gasteiger partial charge in [-0.15, -0.1) is 0 Å². The maximum atomic E-state index is 13.2. The van der Waals surface area contributed by atoms with E-state index < -0.39 is 27.4 Å². The summed E-state index contributed by atoms with van der Waals surface area (Å²) in [7, 11) is -3.97. The van der Waals surface area contributed by atoms with Crippen LogP contribution in [0.5, 0.6) is 0 Å². The van der Waals surface area contributed by atoms with Crippen molar-refractivity contribution < 1.29 is 18.1 Å². The predicted molar refractivity (Wildman–Crippen MR) is 124 cm³/mol. The third-order valence-corrected chi connectivity index (χ3v) is 6.51. The molecule has 0 aliphatic carbocycles. The molecule has 10 heteroatoms. The van der Waals surface area contributed by atoms with Gasteiger partial charge in [-0.05, 0) is 30.7 Å². The second kappa shape index (κ2) is 10.6. The predicted octanol–water partition coefficient (Wildman–Crippen LogP) is 3.24. The fraction of sp³-hybridized carbons (Fsp3) is 0.130. The Bertz CT molecular complexity index is 1260.